The molecule has 0 aliphatic heterocycles. The molecule has 0 fully saturated rings. The predicted octanol–water partition coefficient (Wildman–Crippen LogP) is 3.52. The number of hydrogen-bond acceptors (Lipinski definition) is 5. The van der Waals surface area contributed by atoms with Gasteiger partial charge in [0.15, 0.2) is 6.10 Å². The lowest BCUT2D eigenvalue weighted by Gasteiger charge is -2.19. The third-order valence-electron chi connectivity index (χ3n) is 3.87. The molecule has 0 saturated heterocycles. The van der Waals surface area contributed by atoms with Gasteiger partial charge in [-0.2, -0.15) is 0 Å². The quantitative estimate of drug-likeness (QED) is 0.732. The summed E-state index contributed by atoms with van der Waals surface area (Å²) in [7, 11) is 0. The van der Waals surface area contributed by atoms with E-state index in [1.165, 1.54) is 18.5 Å². The first-order valence-electron chi connectivity index (χ1n) is 8.12. The minimum absolute atomic E-state index is 0.256. The third-order valence-corrected chi connectivity index (χ3v) is 3.87. The number of halogens is 1. The summed E-state index contributed by atoms with van der Waals surface area (Å²) in [6.45, 7) is 3.50. The fourth-order valence-corrected chi connectivity index (χ4v) is 2.40. The monoisotopic (exact) mass is 355 g/mol. The van der Waals surface area contributed by atoms with Gasteiger partial charge in [-0.25, -0.2) is 4.39 Å². The second kappa shape index (κ2) is 7.77. The molecule has 134 valence electrons. The van der Waals surface area contributed by atoms with Crippen molar-refractivity contribution in [1.82, 2.24) is 15.5 Å². The second-order valence-electron chi connectivity index (χ2n) is 5.81. The molecule has 1 N–H and O–H groups in total. The van der Waals surface area contributed by atoms with Crippen LogP contribution in [0.25, 0.3) is 11.5 Å². The van der Waals surface area contributed by atoms with E-state index in [0.29, 0.717) is 11.6 Å². The van der Waals surface area contributed by atoms with Crippen molar-refractivity contribution < 1.29 is 18.3 Å². The van der Waals surface area contributed by atoms with Crippen LogP contribution in [-0.4, -0.2) is 22.2 Å². The van der Waals surface area contributed by atoms with Gasteiger partial charge in [0.25, 0.3) is 5.91 Å². The second-order valence-corrected chi connectivity index (χ2v) is 5.81. The lowest BCUT2D eigenvalue weighted by molar-refractivity contribution is -0.127. The molecular weight excluding hydrogens is 337 g/mol. The lowest BCUT2D eigenvalue weighted by Crippen LogP contribution is -2.37. The van der Waals surface area contributed by atoms with Crippen LogP contribution in [0.15, 0.2) is 59.3 Å². The van der Waals surface area contributed by atoms with Gasteiger partial charge in [0.05, 0.1) is 6.04 Å². The molecule has 0 aliphatic rings. The molecule has 7 heteroatoms. The molecule has 0 saturated carbocycles. The highest BCUT2D eigenvalue weighted by Crippen LogP contribution is 2.21. The van der Waals surface area contributed by atoms with Crippen LogP contribution in [0.2, 0.25) is 0 Å². The topological polar surface area (TPSA) is 77.2 Å². The van der Waals surface area contributed by atoms with Crippen LogP contribution < -0.4 is 10.1 Å². The molecule has 1 amide bonds. The molecule has 0 radical (unpaired) electrons. The molecule has 1 aromatic heterocycles. The van der Waals surface area contributed by atoms with Crippen LogP contribution in [0, 0.1) is 5.82 Å². The van der Waals surface area contributed by atoms with Crippen molar-refractivity contribution >= 4 is 5.91 Å². The van der Waals surface area contributed by atoms with Gasteiger partial charge >= 0.3 is 0 Å². The Bertz CT molecular complexity index is 849. The van der Waals surface area contributed by atoms with E-state index in [1.54, 1.807) is 43.3 Å². The van der Waals surface area contributed by atoms with E-state index in [1.807, 2.05) is 6.92 Å². The molecule has 2 atom stereocenters. The van der Waals surface area contributed by atoms with Gasteiger partial charge in [0.1, 0.15) is 11.6 Å². The Balaban J connectivity index is 1.57. The van der Waals surface area contributed by atoms with Crippen molar-refractivity contribution in [3.8, 4) is 17.2 Å². The Morgan fingerprint density at radius 2 is 1.81 bits per heavy atom. The van der Waals surface area contributed by atoms with Gasteiger partial charge in [0, 0.05) is 5.56 Å². The number of carbonyl (C=O) groups is 1. The zero-order chi connectivity index (χ0) is 18.5. The molecule has 3 aromatic rings. The Labute approximate surface area is 150 Å². The number of benzene rings is 2. The number of rotatable bonds is 6. The first kappa shape index (κ1) is 17.6. The normalized spacial score (nSPS) is 13.0. The summed E-state index contributed by atoms with van der Waals surface area (Å²) >= 11 is 0. The van der Waals surface area contributed by atoms with Gasteiger partial charge < -0.3 is 14.5 Å². The minimum Gasteiger partial charge on any atom is -0.481 e. The van der Waals surface area contributed by atoms with Gasteiger partial charge in [0.2, 0.25) is 12.3 Å². The summed E-state index contributed by atoms with van der Waals surface area (Å²) < 4.78 is 23.8. The first-order chi connectivity index (χ1) is 12.5. The van der Waals surface area contributed by atoms with Crippen LogP contribution in [0.1, 0.15) is 25.5 Å². The zero-order valence-electron chi connectivity index (χ0n) is 14.3. The van der Waals surface area contributed by atoms with E-state index in [9.17, 15) is 9.18 Å². The van der Waals surface area contributed by atoms with Crippen molar-refractivity contribution in [2.45, 2.75) is 26.0 Å². The summed E-state index contributed by atoms with van der Waals surface area (Å²) in [4.78, 5) is 12.3. The largest absolute Gasteiger partial charge is 0.481 e. The highest BCUT2D eigenvalue weighted by atomic mass is 19.1. The van der Waals surface area contributed by atoms with E-state index in [2.05, 4.69) is 15.5 Å². The van der Waals surface area contributed by atoms with Gasteiger partial charge in [-0.1, -0.05) is 12.1 Å². The fourth-order valence-electron chi connectivity index (χ4n) is 2.40. The molecule has 0 spiro atoms. The Morgan fingerprint density at radius 3 is 2.42 bits per heavy atom. The smallest absolute Gasteiger partial charge is 0.261 e. The molecule has 3 rings (SSSR count). The molecule has 0 bridgehead atoms. The average molecular weight is 355 g/mol. The third kappa shape index (κ3) is 4.24. The zero-order valence-corrected chi connectivity index (χ0v) is 14.3. The van der Waals surface area contributed by atoms with Crippen LogP contribution in [-0.2, 0) is 4.79 Å². The van der Waals surface area contributed by atoms with Gasteiger partial charge in [-0.05, 0) is 55.8 Å². The summed E-state index contributed by atoms with van der Waals surface area (Å²) in [6, 6.07) is 12.8. The maximum atomic E-state index is 13.0. The molecule has 26 heavy (non-hydrogen) atoms. The number of aromatic nitrogens is 2. The molecule has 6 nitrogen and oxygen atoms in total. The van der Waals surface area contributed by atoms with Crippen LogP contribution in [0.3, 0.4) is 0 Å². The number of nitrogens with one attached hydrogen (secondary N) is 1. The first-order valence-corrected chi connectivity index (χ1v) is 8.12. The van der Waals surface area contributed by atoms with Gasteiger partial charge in [-0.3, -0.25) is 4.79 Å². The van der Waals surface area contributed by atoms with Crippen molar-refractivity contribution in [3.05, 3.63) is 66.3 Å². The van der Waals surface area contributed by atoms with Crippen LogP contribution >= 0.6 is 0 Å². The minimum atomic E-state index is -0.688. The number of amides is 1. The summed E-state index contributed by atoms with van der Waals surface area (Å²) in [5, 5.41) is 10.3. The number of carbonyl (C=O) groups excluding carboxylic acids is 1. The van der Waals surface area contributed by atoms with E-state index >= 15 is 0 Å². The molecule has 0 unspecified atom stereocenters. The number of hydrogen-bond donors (Lipinski definition) is 1. The number of nitrogens with zero attached hydrogens (tertiary/aromatic N) is 2. The average Bonchev–Trinajstić information content (AvgIpc) is 3.17. The standard InChI is InChI=1S/C19H18FN3O3/c1-12(14-3-7-16(20)8-4-14)22-18(24)13(2)26-17-9-5-15(6-10-17)19-23-21-11-25-19/h3-13H,1-2H3,(H,22,24)/t12-,13-/m1/s1. The molecule has 1 heterocycles. The van der Waals surface area contributed by atoms with E-state index in [4.69, 9.17) is 9.15 Å². The molecular formula is C19H18FN3O3. The van der Waals surface area contributed by atoms with E-state index in [-0.39, 0.29) is 17.8 Å². The maximum absolute atomic E-state index is 13.0. The van der Waals surface area contributed by atoms with Crippen molar-refractivity contribution in [2.75, 3.05) is 0 Å². The lowest BCUT2D eigenvalue weighted by atomic mass is 10.1. The summed E-state index contributed by atoms with van der Waals surface area (Å²) in [5.74, 6) is 0.386. The van der Waals surface area contributed by atoms with Crippen molar-refractivity contribution in [3.63, 3.8) is 0 Å². The Hall–Kier alpha value is -3.22. The number of ether oxygens (including phenoxy) is 1. The van der Waals surface area contributed by atoms with Gasteiger partial charge in [-0.15, -0.1) is 10.2 Å². The fraction of sp³-hybridized carbons (Fsp3) is 0.211. The summed E-state index contributed by atoms with van der Waals surface area (Å²) in [6.07, 6.45) is 0.571. The van der Waals surface area contributed by atoms with E-state index in [0.717, 1.165) is 11.1 Å². The van der Waals surface area contributed by atoms with Crippen LogP contribution in [0.4, 0.5) is 4.39 Å². The highest BCUT2D eigenvalue weighted by molar-refractivity contribution is 5.81. The highest BCUT2D eigenvalue weighted by Gasteiger charge is 2.18. The molecule has 0 aliphatic carbocycles. The van der Waals surface area contributed by atoms with Crippen molar-refractivity contribution in [2.24, 2.45) is 0 Å². The van der Waals surface area contributed by atoms with Crippen LogP contribution in [0.5, 0.6) is 5.75 Å². The Morgan fingerprint density at radius 1 is 1.12 bits per heavy atom. The summed E-state index contributed by atoms with van der Waals surface area (Å²) in [5.41, 5.74) is 1.58. The molecule has 2 aromatic carbocycles. The predicted molar refractivity (Wildman–Crippen MR) is 92.8 cm³/mol. The SMILES string of the molecule is C[C@@H](Oc1ccc(-c2nnco2)cc1)C(=O)N[C@H](C)c1ccc(F)cc1. The van der Waals surface area contributed by atoms with E-state index < -0.39 is 6.10 Å². The van der Waals surface area contributed by atoms with Crippen molar-refractivity contribution in [1.29, 1.82) is 0 Å². The Kier molecular flexibility index (Phi) is 5.26. The maximum Gasteiger partial charge on any atom is 0.261 e.